The summed E-state index contributed by atoms with van der Waals surface area (Å²) in [5.41, 5.74) is 4.13. The number of aromatic nitrogens is 1. The number of anilines is 2. The lowest BCUT2D eigenvalue weighted by Gasteiger charge is -2.22. The molecule has 3 rings (SSSR count). The highest BCUT2D eigenvalue weighted by atomic mass is 15.2. The quantitative estimate of drug-likeness (QED) is 0.793. The van der Waals surface area contributed by atoms with Crippen LogP contribution in [0.25, 0.3) is 0 Å². The Kier molecular flexibility index (Phi) is 3.26. The second-order valence-corrected chi connectivity index (χ2v) is 4.99. The number of para-hydroxylation sites is 1. The summed E-state index contributed by atoms with van der Waals surface area (Å²) in [7, 11) is 2.12. The van der Waals surface area contributed by atoms with Gasteiger partial charge in [-0.1, -0.05) is 18.2 Å². The standard InChI is InChI=1S/C16H16N4/c1-19-8-9-20(12-13-4-2-3-5-16(13)19)15-7-6-14(10-17)18-11-15/h2-7,11H,8-9,12H2,1H3. The normalized spacial score (nSPS) is 14.4. The number of fused-ring (bicyclic) bond motifs is 1. The zero-order chi connectivity index (χ0) is 13.9. The average Bonchev–Trinajstić information content (AvgIpc) is 2.67. The van der Waals surface area contributed by atoms with Crippen LogP contribution in [-0.4, -0.2) is 25.1 Å². The number of pyridine rings is 1. The van der Waals surface area contributed by atoms with Crippen molar-refractivity contribution in [3.63, 3.8) is 0 Å². The van der Waals surface area contributed by atoms with E-state index in [4.69, 9.17) is 5.26 Å². The van der Waals surface area contributed by atoms with Crippen LogP contribution >= 0.6 is 0 Å². The maximum atomic E-state index is 8.82. The number of likely N-dealkylation sites (N-methyl/N-ethyl adjacent to an activating group) is 1. The fraction of sp³-hybridized carbons (Fsp3) is 0.250. The van der Waals surface area contributed by atoms with Gasteiger partial charge in [0.2, 0.25) is 0 Å². The summed E-state index contributed by atoms with van der Waals surface area (Å²) in [5, 5.41) is 8.82. The molecule has 4 heteroatoms. The molecule has 20 heavy (non-hydrogen) atoms. The molecule has 0 atom stereocenters. The molecule has 0 saturated heterocycles. The summed E-state index contributed by atoms with van der Waals surface area (Å²) in [6, 6.07) is 14.3. The van der Waals surface area contributed by atoms with E-state index in [9.17, 15) is 0 Å². The summed E-state index contributed by atoms with van der Waals surface area (Å²) in [4.78, 5) is 8.75. The van der Waals surface area contributed by atoms with Gasteiger partial charge < -0.3 is 9.80 Å². The van der Waals surface area contributed by atoms with Gasteiger partial charge in [0.15, 0.2) is 0 Å². The predicted octanol–water partition coefficient (Wildman–Crippen LogP) is 2.41. The Bertz CT molecular complexity index is 642. The molecule has 0 spiro atoms. The van der Waals surface area contributed by atoms with Crippen LogP contribution in [0.15, 0.2) is 42.6 Å². The molecule has 1 aliphatic heterocycles. The molecule has 0 unspecified atom stereocenters. The first-order chi connectivity index (χ1) is 9.78. The van der Waals surface area contributed by atoms with Crippen molar-refractivity contribution in [2.75, 3.05) is 29.9 Å². The molecule has 100 valence electrons. The van der Waals surface area contributed by atoms with Gasteiger partial charge >= 0.3 is 0 Å². The van der Waals surface area contributed by atoms with Crippen molar-refractivity contribution in [1.82, 2.24) is 4.98 Å². The van der Waals surface area contributed by atoms with E-state index in [-0.39, 0.29) is 0 Å². The minimum absolute atomic E-state index is 0.459. The Hall–Kier alpha value is -2.54. The third-order valence-electron chi connectivity index (χ3n) is 3.70. The van der Waals surface area contributed by atoms with Crippen molar-refractivity contribution < 1.29 is 0 Å². The maximum Gasteiger partial charge on any atom is 0.140 e. The fourth-order valence-corrected chi connectivity index (χ4v) is 2.55. The van der Waals surface area contributed by atoms with E-state index < -0.39 is 0 Å². The summed E-state index contributed by atoms with van der Waals surface area (Å²) in [5.74, 6) is 0. The van der Waals surface area contributed by atoms with Crippen LogP contribution in [0.3, 0.4) is 0 Å². The summed E-state index contributed by atoms with van der Waals surface area (Å²) in [6.45, 7) is 2.78. The van der Waals surface area contributed by atoms with Gasteiger partial charge in [-0.05, 0) is 23.8 Å². The van der Waals surface area contributed by atoms with E-state index in [2.05, 4.69) is 52.2 Å². The van der Waals surface area contributed by atoms with Gasteiger partial charge in [-0.25, -0.2) is 4.98 Å². The third-order valence-corrected chi connectivity index (χ3v) is 3.70. The molecule has 1 aromatic carbocycles. The lowest BCUT2D eigenvalue weighted by atomic mass is 10.1. The Morgan fingerprint density at radius 1 is 1.15 bits per heavy atom. The number of hydrogen-bond donors (Lipinski definition) is 0. The fourth-order valence-electron chi connectivity index (χ4n) is 2.55. The molecule has 0 radical (unpaired) electrons. The van der Waals surface area contributed by atoms with Crippen LogP contribution in [0.4, 0.5) is 11.4 Å². The van der Waals surface area contributed by atoms with Crippen molar-refractivity contribution in [1.29, 1.82) is 5.26 Å². The Morgan fingerprint density at radius 2 is 2.00 bits per heavy atom. The van der Waals surface area contributed by atoms with Crippen LogP contribution < -0.4 is 9.80 Å². The number of rotatable bonds is 1. The van der Waals surface area contributed by atoms with E-state index in [0.717, 1.165) is 25.3 Å². The average molecular weight is 264 g/mol. The second-order valence-electron chi connectivity index (χ2n) is 4.99. The van der Waals surface area contributed by atoms with Gasteiger partial charge in [-0.3, -0.25) is 0 Å². The molecule has 0 saturated carbocycles. The topological polar surface area (TPSA) is 43.2 Å². The summed E-state index contributed by atoms with van der Waals surface area (Å²) >= 11 is 0. The summed E-state index contributed by atoms with van der Waals surface area (Å²) < 4.78 is 0. The van der Waals surface area contributed by atoms with Crippen LogP contribution in [0, 0.1) is 11.3 Å². The molecular weight excluding hydrogens is 248 g/mol. The first-order valence-electron chi connectivity index (χ1n) is 6.68. The molecule has 2 aromatic rings. The zero-order valence-electron chi connectivity index (χ0n) is 11.5. The molecular formula is C16H16N4. The van der Waals surface area contributed by atoms with Crippen LogP contribution in [0.5, 0.6) is 0 Å². The SMILES string of the molecule is CN1CCN(c2ccc(C#N)nc2)Cc2ccccc21. The Labute approximate surface area is 118 Å². The number of benzene rings is 1. The minimum Gasteiger partial charge on any atom is -0.373 e. The molecule has 0 aliphatic carbocycles. The highest BCUT2D eigenvalue weighted by Crippen LogP contribution is 2.26. The van der Waals surface area contributed by atoms with Gasteiger partial charge in [0.25, 0.3) is 0 Å². The first kappa shape index (κ1) is 12.5. The van der Waals surface area contributed by atoms with E-state index in [1.807, 2.05) is 6.07 Å². The lowest BCUT2D eigenvalue weighted by Crippen LogP contribution is -2.29. The smallest absolute Gasteiger partial charge is 0.140 e. The van der Waals surface area contributed by atoms with Crippen molar-refractivity contribution in [3.05, 3.63) is 53.9 Å². The number of nitrogens with zero attached hydrogens (tertiary/aromatic N) is 4. The number of nitriles is 1. The molecule has 2 heterocycles. The van der Waals surface area contributed by atoms with Gasteiger partial charge in [0, 0.05) is 32.4 Å². The van der Waals surface area contributed by atoms with E-state index in [1.165, 1.54) is 11.3 Å². The number of hydrogen-bond acceptors (Lipinski definition) is 4. The van der Waals surface area contributed by atoms with Gasteiger partial charge in [-0.15, -0.1) is 0 Å². The van der Waals surface area contributed by atoms with Crippen LogP contribution in [0.1, 0.15) is 11.3 Å². The third kappa shape index (κ3) is 2.30. The Balaban J connectivity index is 1.91. The van der Waals surface area contributed by atoms with Gasteiger partial charge in [0.05, 0.1) is 11.9 Å². The van der Waals surface area contributed by atoms with Crippen molar-refractivity contribution >= 4 is 11.4 Å². The molecule has 0 bridgehead atoms. The van der Waals surface area contributed by atoms with Gasteiger partial charge in [0.1, 0.15) is 11.8 Å². The predicted molar refractivity (Wildman–Crippen MR) is 79.7 cm³/mol. The maximum absolute atomic E-state index is 8.82. The zero-order valence-corrected chi connectivity index (χ0v) is 11.5. The molecule has 0 amide bonds. The summed E-state index contributed by atoms with van der Waals surface area (Å²) in [6.07, 6.45) is 1.78. The largest absolute Gasteiger partial charge is 0.373 e. The van der Waals surface area contributed by atoms with E-state index >= 15 is 0 Å². The molecule has 0 N–H and O–H groups in total. The van der Waals surface area contributed by atoms with Crippen LogP contribution in [0.2, 0.25) is 0 Å². The van der Waals surface area contributed by atoms with Crippen molar-refractivity contribution in [2.45, 2.75) is 6.54 Å². The highest BCUT2D eigenvalue weighted by molar-refractivity contribution is 5.58. The van der Waals surface area contributed by atoms with Gasteiger partial charge in [-0.2, -0.15) is 5.26 Å². The minimum atomic E-state index is 0.459. The second kappa shape index (κ2) is 5.22. The van der Waals surface area contributed by atoms with Crippen molar-refractivity contribution in [2.24, 2.45) is 0 Å². The van der Waals surface area contributed by atoms with Crippen LogP contribution in [-0.2, 0) is 6.54 Å². The lowest BCUT2D eigenvalue weighted by molar-refractivity contribution is 0.795. The highest BCUT2D eigenvalue weighted by Gasteiger charge is 2.17. The van der Waals surface area contributed by atoms with Crippen molar-refractivity contribution in [3.8, 4) is 6.07 Å². The molecule has 1 aliphatic rings. The Morgan fingerprint density at radius 3 is 2.75 bits per heavy atom. The molecule has 0 fully saturated rings. The molecule has 1 aromatic heterocycles. The van der Waals surface area contributed by atoms with E-state index in [0.29, 0.717) is 5.69 Å². The monoisotopic (exact) mass is 264 g/mol. The molecule has 4 nitrogen and oxygen atoms in total. The van der Waals surface area contributed by atoms with E-state index in [1.54, 1.807) is 12.3 Å². The first-order valence-corrected chi connectivity index (χ1v) is 6.68.